The van der Waals surface area contributed by atoms with Gasteiger partial charge in [0.1, 0.15) is 12.7 Å². The highest BCUT2D eigenvalue weighted by atomic mass is 15.3. The molecule has 100 valence electrons. The molecule has 1 aromatic carbocycles. The van der Waals surface area contributed by atoms with Crippen LogP contribution < -0.4 is 5.32 Å². The van der Waals surface area contributed by atoms with E-state index in [0.29, 0.717) is 5.95 Å². The third kappa shape index (κ3) is 2.64. The molecule has 6 nitrogen and oxygen atoms in total. The van der Waals surface area contributed by atoms with Gasteiger partial charge < -0.3 is 5.32 Å². The highest BCUT2D eigenvalue weighted by Gasteiger charge is 2.07. The Hall–Kier alpha value is -2.76. The first-order chi connectivity index (χ1) is 9.83. The van der Waals surface area contributed by atoms with E-state index in [-0.39, 0.29) is 6.04 Å². The molecule has 6 heteroatoms. The summed E-state index contributed by atoms with van der Waals surface area (Å²) in [4.78, 5) is 12.3. The number of hydrogen-bond acceptors (Lipinski definition) is 5. The van der Waals surface area contributed by atoms with Crippen LogP contribution in [0.5, 0.6) is 0 Å². The molecule has 20 heavy (non-hydrogen) atoms. The molecule has 0 bridgehead atoms. The summed E-state index contributed by atoms with van der Waals surface area (Å²) in [7, 11) is 0. The zero-order valence-corrected chi connectivity index (χ0v) is 11.0. The van der Waals surface area contributed by atoms with Crippen molar-refractivity contribution in [1.29, 1.82) is 0 Å². The number of benzene rings is 1. The zero-order valence-electron chi connectivity index (χ0n) is 11.0. The van der Waals surface area contributed by atoms with Gasteiger partial charge in [-0.15, -0.1) is 0 Å². The van der Waals surface area contributed by atoms with Crippen LogP contribution in [0.15, 0.2) is 55.4 Å². The molecule has 0 saturated heterocycles. The lowest BCUT2D eigenvalue weighted by Gasteiger charge is -2.14. The van der Waals surface area contributed by atoms with E-state index >= 15 is 0 Å². The van der Waals surface area contributed by atoms with Crippen molar-refractivity contribution in [3.63, 3.8) is 0 Å². The molecule has 3 rings (SSSR count). The Morgan fingerprint density at radius 2 is 1.85 bits per heavy atom. The fourth-order valence-electron chi connectivity index (χ4n) is 1.91. The maximum Gasteiger partial charge on any atom is 0.223 e. The van der Waals surface area contributed by atoms with Crippen molar-refractivity contribution >= 4 is 5.95 Å². The van der Waals surface area contributed by atoms with E-state index in [4.69, 9.17) is 0 Å². The maximum atomic E-state index is 4.16. The predicted octanol–water partition coefficient (Wildman–Crippen LogP) is 2.23. The number of rotatable bonds is 4. The quantitative estimate of drug-likeness (QED) is 0.784. The lowest BCUT2D eigenvalue weighted by atomic mass is 10.1. The van der Waals surface area contributed by atoms with E-state index in [1.807, 2.05) is 12.1 Å². The minimum Gasteiger partial charge on any atom is -0.348 e. The van der Waals surface area contributed by atoms with Crippen LogP contribution in [0.2, 0.25) is 0 Å². The molecular formula is C14H14N6. The normalized spacial score (nSPS) is 12.1. The van der Waals surface area contributed by atoms with E-state index in [9.17, 15) is 0 Å². The van der Waals surface area contributed by atoms with Gasteiger partial charge in [0, 0.05) is 12.4 Å². The largest absolute Gasteiger partial charge is 0.348 e. The number of aromatic nitrogens is 5. The van der Waals surface area contributed by atoms with Gasteiger partial charge in [-0.1, -0.05) is 12.1 Å². The summed E-state index contributed by atoms with van der Waals surface area (Å²) in [6, 6.07) is 10.0. The van der Waals surface area contributed by atoms with Crippen LogP contribution in [-0.4, -0.2) is 24.7 Å². The third-order valence-electron chi connectivity index (χ3n) is 2.99. The van der Waals surface area contributed by atoms with Gasteiger partial charge in [-0.05, 0) is 30.7 Å². The summed E-state index contributed by atoms with van der Waals surface area (Å²) in [5.74, 6) is 0.625. The molecule has 0 fully saturated rings. The number of nitrogens with one attached hydrogen (secondary N) is 1. The lowest BCUT2D eigenvalue weighted by molar-refractivity contribution is 0.850. The molecule has 0 spiro atoms. The average Bonchev–Trinajstić information content (AvgIpc) is 3.03. The van der Waals surface area contributed by atoms with E-state index in [1.54, 1.807) is 29.5 Å². The van der Waals surface area contributed by atoms with Gasteiger partial charge in [-0.2, -0.15) is 5.10 Å². The van der Waals surface area contributed by atoms with Crippen LogP contribution in [0.1, 0.15) is 18.5 Å². The Balaban J connectivity index is 1.74. The average molecular weight is 266 g/mol. The highest BCUT2D eigenvalue weighted by molar-refractivity contribution is 5.37. The van der Waals surface area contributed by atoms with E-state index in [1.165, 1.54) is 6.33 Å². The second kappa shape index (κ2) is 5.48. The van der Waals surface area contributed by atoms with Crippen molar-refractivity contribution in [2.24, 2.45) is 0 Å². The Morgan fingerprint density at radius 3 is 2.50 bits per heavy atom. The van der Waals surface area contributed by atoms with Crippen molar-refractivity contribution in [2.45, 2.75) is 13.0 Å². The summed E-state index contributed by atoms with van der Waals surface area (Å²) in [5, 5.41) is 7.35. The van der Waals surface area contributed by atoms with E-state index < -0.39 is 0 Å². The minimum absolute atomic E-state index is 0.127. The monoisotopic (exact) mass is 266 g/mol. The summed E-state index contributed by atoms with van der Waals surface area (Å²) < 4.78 is 1.72. The molecule has 0 radical (unpaired) electrons. The molecule has 2 aromatic heterocycles. The molecule has 0 aliphatic carbocycles. The van der Waals surface area contributed by atoms with Crippen molar-refractivity contribution < 1.29 is 0 Å². The SMILES string of the molecule is C[C@H](Nc1ncccn1)c1ccc(-n2cncn2)cc1. The van der Waals surface area contributed by atoms with Gasteiger partial charge >= 0.3 is 0 Å². The molecule has 1 N–H and O–H groups in total. The second-order valence-electron chi connectivity index (χ2n) is 4.37. The van der Waals surface area contributed by atoms with Gasteiger partial charge in [-0.25, -0.2) is 19.6 Å². The zero-order chi connectivity index (χ0) is 13.8. The molecule has 0 saturated carbocycles. The Labute approximate surface area is 116 Å². The lowest BCUT2D eigenvalue weighted by Crippen LogP contribution is -2.09. The van der Waals surface area contributed by atoms with Crippen LogP contribution in [0.3, 0.4) is 0 Å². The third-order valence-corrected chi connectivity index (χ3v) is 2.99. The highest BCUT2D eigenvalue weighted by Crippen LogP contribution is 2.18. The van der Waals surface area contributed by atoms with E-state index in [2.05, 4.69) is 44.4 Å². The first-order valence-corrected chi connectivity index (χ1v) is 6.31. The number of anilines is 1. The van der Waals surface area contributed by atoms with Crippen LogP contribution in [0.4, 0.5) is 5.95 Å². The number of hydrogen-bond donors (Lipinski definition) is 1. The second-order valence-corrected chi connectivity index (χ2v) is 4.37. The van der Waals surface area contributed by atoms with Crippen molar-refractivity contribution in [3.8, 4) is 5.69 Å². The first-order valence-electron chi connectivity index (χ1n) is 6.31. The molecule has 2 heterocycles. The summed E-state index contributed by atoms with van der Waals surface area (Å²) in [6.07, 6.45) is 6.63. The van der Waals surface area contributed by atoms with Gasteiger partial charge in [0.2, 0.25) is 5.95 Å². The first kappa shape index (κ1) is 12.3. The summed E-state index contributed by atoms with van der Waals surface area (Å²) in [5.41, 5.74) is 2.13. The molecular weight excluding hydrogens is 252 g/mol. The van der Waals surface area contributed by atoms with E-state index in [0.717, 1.165) is 11.3 Å². The molecule has 3 aromatic rings. The minimum atomic E-state index is 0.127. The summed E-state index contributed by atoms with van der Waals surface area (Å²) in [6.45, 7) is 2.07. The molecule has 1 atom stereocenters. The maximum absolute atomic E-state index is 4.16. The van der Waals surface area contributed by atoms with Crippen molar-refractivity contribution in [1.82, 2.24) is 24.7 Å². The fraction of sp³-hybridized carbons (Fsp3) is 0.143. The standard InChI is InChI=1S/C14H14N6/c1-11(19-14-16-7-2-8-17-14)12-3-5-13(6-4-12)20-10-15-9-18-20/h2-11H,1H3,(H,16,17,19)/t11-/m0/s1. The van der Waals surface area contributed by atoms with Gasteiger partial charge in [-0.3, -0.25) is 0 Å². The predicted molar refractivity (Wildman–Crippen MR) is 75.4 cm³/mol. The Bertz CT molecular complexity index is 648. The van der Waals surface area contributed by atoms with Crippen LogP contribution >= 0.6 is 0 Å². The van der Waals surface area contributed by atoms with Crippen molar-refractivity contribution in [3.05, 3.63) is 60.9 Å². The van der Waals surface area contributed by atoms with Gasteiger partial charge in [0.25, 0.3) is 0 Å². The molecule has 0 aliphatic heterocycles. The summed E-state index contributed by atoms with van der Waals surface area (Å²) >= 11 is 0. The topological polar surface area (TPSA) is 68.5 Å². The molecule has 0 amide bonds. The van der Waals surface area contributed by atoms with Crippen LogP contribution in [0, 0.1) is 0 Å². The smallest absolute Gasteiger partial charge is 0.223 e. The van der Waals surface area contributed by atoms with Gasteiger partial charge in [0.05, 0.1) is 11.7 Å². The number of nitrogens with zero attached hydrogens (tertiary/aromatic N) is 5. The fourth-order valence-corrected chi connectivity index (χ4v) is 1.91. The van der Waals surface area contributed by atoms with Crippen LogP contribution in [0.25, 0.3) is 5.69 Å². The Morgan fingerprint density at radius 1 is 1.10 bits per heavy atom. The van der Waals surface area contributed by atoms with Gasteiger partial charge in [0.15, 0.2) is 0 Å². The van der Waals surface area contributed by atoms with Crippen LogP contribution in [-0.2, 0) is 0 Å². The molecule has 0 aliphatic rings. The van der Waals surface area contributed by atoms with Crippen molar-refractivity contribution in [2.75, 3.05) is 5.32 Å². The molecule has 0 unspecified atom stereocenters. The Kier molecular flexibility index (Phi) is 3.36.